The molecule has 1 aliphatic carbocycles. The summed E-state index contributed by atoms with van der Waals surface area (Å²) in [5, 5.41) is 12.5. The molecule has 2 N–H and O–H groups in total. The smallest absolute Gasteiger partial charge is 0.258 e. The van der Waals surface area contributed by atoms with E-state index in [1.165, 1.54) is 34.0 Å². The molecule has 0 unspecified atom stereocenters. The van der Waals surface area contributed by atoms with E-state index in [1.807, 2.05) is 24.6 Å². The second-order valence-electron chi connectivity index (χ2n) is 6.81. The van der Waals surface area contributed by atoms with Crippen molar-refractivity contribution in [3.63, 3.8) is 0 Å². The molecule has 3 aromatic rings. The fourth-order valence-electron chi connectivity index (χ4n) is 3.12. The molecule has 3 heterocycles. The van der Waals surface area contributed by atoms with Crippen molar-refractivity contribution in [3.8, 4) is 0 Å². The first-order chi connectivity index (χ1) is 13.9. The number of carbonyl (C=O) groups excluding carboxylic acids is 3. The Balaban J connectivity index is 1.43. The number of amides is 2. The average Bonchev–Trinajstić information content (AvgIpc) is 3.41. The van der Waals surface area contributed by atoms with E-state index in [0.29, 0.717) is 27.7 Å². The largest absolute Gasteiger partial charge is 0.348 e. The maximum Gasteiger partial charge on any atom is 0.258 e. The number of thiophene rings is 1. The van der Waals surface area contributed by atoms with E-state index < -0.39 is 5.92 Å². The van der Waals surface area contributed by atoms with Gasteiger partial charge in [0.25, 0.3) is 5.91 Å². The Hall–Kier alpha value is -2.43. The molecule has 29 heavy (non-hydrogen) atoms. The first-order valence-corrected chi connectivity index (χ1v) is 11.6. The van der Waals surface area contributed by atoms with Crippen LogP contribution in [-0.4, -0.2) is 27.6 Å². The number of anilines is 1. The third-order valence-electron chi connectivity index (χ3n) is 4.64. The number of Topliss-reactive ketones (excluding diaryl/α,β-unsaturated/α-hetero) is 1. The van der Waals surface area contributed by atoms with Crippen molar-refractivity contribution >= 4 is 56.7 Å². The molecule has 0 spiro atoms. The number of thiazole rings is 2. The van der Waals surface area contributed by atoms with Gasteiger partial charge in [-0.15, -0.1) is 11.3 Å². The summed E-state index contributed by atoms with van der Waals surface area (Å²) in [6.07, 6.45) is 0.516. The van der Waals surface area contributed by atoms with Crippen LogP contribution < -0.4 is 10.6 Å². The van der Waals surface area contributed by atoms with Crippen molar-refractivity contribution in [1.82, 2.24) is 15.3 Å². The van der Waals surface area contributed by atoms with E-state index in [2.05, 4.69) is 20.6 Å². The van der Waals surface area contributed by atoms with E-state index in [-0.39, 0.29) is 30.1 Å². The van der Waals surface area contributed by atoms with E-state index in [9.17, 15) is 14.4 Å². The molecule has 4 rings (SSSR count). The van der Waals surface area contributed by atoms with Gasteiger partial charge in [0.2, 0.25) is 5.91 Å². The fraction of sp³-hybridized carbons (Fsp3) is 0.316. The standard InChI is InChI=1S/C19H18N4O3S3/c1-9(14-8-28-10(2)21-14)20-18(26)12-5-13-16(15(24)6-12)29-19(22-13)23-17(25)11-3-4-27-7-11/h3-4,7-9,12H,5-6H2,1-2H3,(H,20,26)(H,22,23,25)/t9-,12-/m1/s1. The molecule has 7 nitrogen and oxygen atoms in total. The summed E-state index contributed by atoms with van der Waals surface area (Å²) in [5.41, 5.74) is 1.94. The zero-order valence-corrected chi connectivity index (χ0v) is 18.2. The molecule has 0 bridgehead atoms. The Kier molecular flexibility index (Phi) is 5.57. The van der Waals surface area contributed by atoms with Crippen LogP contribution in [0.1, 0.15) is 55.8 Å². The van der Waals surface area contributed by atoms with Crippen LogP contribution in [-0.2, 0) is 11.2 Å². The molecule has 0 saturated carbocycles. The van der Waals surface area contributed by atoms with Gasteiger partial charge < -0.3 is 5.32 Å². The quantitative estimate of drug-likeness (QED) is 0.620. The van der Waals surface area contributed by atoms with Gasteiger partial charge in [0, 0.05) is 23.6 Å². The predicted octanol–water partition coefficient (Wildman–Crippen LogP) is 3.84. The van der Waals surface area contributed by atoms with Crippen molar-refractivity contribution in [3.05, 3.63) is 49.0 Å². The number of nitrogens with zero attached hydrogens (tertiary/aromatic N) is 2. The number of fused-ring (bicyclic) bond motifs is 1. The molecule has 3 aromatic heterocycles. The summed E-state index contributed by atoms with van der Waals surface area (Å²) < 4.78 is 0. The minimum atomic E-state index is -0.472. The molecule has 0 aromatic carbocycles. The second-order valence-corrected chi connectivity index (χ2v) is 9.65. The zero-order valence-electron chi connectivity index (χ0n) is 15.7. The number of carbonyl (C=O) groups is 3. The van der Waals surface area contributed by atoms with E-state index in [0.717, 1.165) is 10.7 Å². The van der Waals surface area contributed by atoms with Gasteiger partial charge in [-0.05, 0) is 25.3 Å². The van der Waals surface area contributed by atoms with Gasteiger partial charge in [-0.1, -0.05) is 11.3 Å². The minimum Gasteiger partial charge on any atom is -0.348 e. The molecule has 2 amide bonds. The Morgan fingerprint density at radius 2 is 2.07 bits per heavy atom. The summed E-state index contributed by atoms with van der Waals surface area (Å²) in [6.45, 7) is 3.80. The number of ketones is 1. The van der Waals surface area contributed by atoms with Gasteiger partial charge in [-0.25, -0.2) is 9.97 Å². The number of rotatable bonds is 5. The van der Waals surface area contributed by atoms with Crippen LogP contribution in [0.4, 0.5) is 5.13 Å². The van der Waals surface area contributed by atoms with E-state index >= 15 is 0 Å². The van der Waals surface area contributed by atoms with Crippen LogP contribution in [0.15, 0.2) is 22.2 Å². The van der Waals surface area contributed by atoms with Gasteiger partial charge in [0.05, 0.1) is 38.8 Å². The molecular weight excluding hydrogens is 428 g/mol. The normalized spacial score (nSPS) is 16.9. The van der Waals surface area contributed by atoms with Crippen molar-refractivity contribution in [2.75, 3.05) is 5.32 Å². The first kappa shape index (κ1) is 19.9. The minimum absolute atomic E-state index is 0.114. The second kappa shape index (κ2) is 8.13. The first-order valence-electron chi connectivity index (χ1n) is 8.99. The van der Waals surface area contributed by atoms with Crippen LogP contribution >= 0.6 is 34.0 Å². The Labute approximate surface area is 179 Å². The molecular formula is C19H18N4O3S3. The monoisotopic (exact) mass is 446 g/mol. The maximum absolute atomic E-state index is 12.7. The fourth-order valence-corrected chi connectivity index (χ4v) is 5.40. The highest BCUT2D eigenvalue weighted by Gasteiger charge is 2.34. The lowest BCUT2D eigenvalue weighted by molar-refractivity contribution is -0.125. The van der Waals surface area contributed by atoms with Gasteiger partial charge >= 0.3 is 0 Å². The summed E-state index contributed by atoms with van der Waals surface area (Å²) >= 11 is 4.13. The number of hydrogen-bond acceptors (Lipinski definition) is 8. The van der Waals surface area contributed by atoms with Crippen molar-refractivity contribution in [2.24, 2.45) is 5.92 Å². The third kappa shape index (κ3) is 4.29. The van der Waals surface area contributed by atoms with Crippen LogP contribution in [0.25, 0.3) is 0 Å². The number of aromatic nitrogens is 2. The van der Waals surface area contributed by atoms with Gasteiger partial charge in [0.1, 0.15) is 0 Å². The molecule has 0 radical (unpaired) electrons. The van der Waals surface area contributed by atoms with Gasteiger partial charge in [-0.3, -0.25) is 19.7 Å². The molecule has 0 saturated heterocycles. The lowest BCUT2D eigenvalue weighted by Gasteiger charge is -2.21. The van der Waals surface area contributed by atoms with Gasteiger partial charge in [0.15, 0.2) is 10.9 Å². The van der Waals surface area contributed by atoms with E-state index in [4.69, 9.17) is 0 Å². The van der Waals surface area contributed by atoms with Crippen LogP contribution in [0.3, 0.4) is 0 Å². The average molecular weight is 447 g/mol. The molecule has 0 fully saturated rings. The van der Waals surface area contributed by atoms with Crippen molar-refractivity contribution in [2.45, 2.75) is 32.7 Å². The number of hydrogen-bond donors (Lipinski definition) is 2. The lowest BCUT2D eigenvalue weighted by Crippen LogP contribution is -2.37. The lowest BCUT2D eigenvalue weighted by atomic mass is 9.89. The summed E-state index contributed by atoms with van der Waals surface area (Å²) in [5.74, 6) is -1.03. The molecule has 1 aliphatic rings. The highest BCUT2D eigenvalue weighted by Crippen LogP contribution is 2.33. The predicted molar refractivity (Wildman–Crippen MR) is 114 cm³/mol. The van der Waals surface area contributed by atoms with Crippen molar-refractivity contribution in [1.29, 1.82) is 0 Å². The molecule has 10 heteroatoms. The van der Waals surface area contributed by atoms with Crippen LogP contribution in [0.2, 0.25) is 0 Å². The topological polar surface area (TPSA) is 101 Å². The molecule has 150 valence electrons. The third-order valence-corrected chi connectivity index (χ3v) is 7.17. The number of nitrogens with one attached hydrogen (secondary N) is 2. The molecule has 2 atom stereocenters. The van der Waals surface area contributed by atoms with Crippen LogP contribution in [0, 0.1) is 12.8 Å². The SMILES string of the molecule is Cc1nc([C@@H](C)NC(=O)[C@H]2CC(=O)c3sc(NC(=O)c4ccsc4)nc3C2)cs1. The Morgan fingerprint density at radius 3 is 2.76 bits per heavy atom. The summed E-state index contributed by atoms with van der Waals surface area (Å²) in [7, 11) is 0. The summed E-state index contributed by atoms with van der Waals surface area (Å²) in [6, 6.07) is 1.50. The number of aryl methyl sites for hydroxylation is 1. The molecule has 0 aliphatic heterocycles. The van der Waals surface area contributed by atoms with E-state index in [1.54, 1.807) is 11.4 Å². The summed E-state index contributed by atoms with van der Waals surface area (Å²) in [4.78, 5) is 46.8. The van der Waals surface area contributed by atoms with Crippen LogP contribution in [0.5, 0.6) is 0 Å². The van der Waals surface area contributed by atoms with Crippen molar-refractivity contribution < 1.29 is 14.4 Å². The Bertz CT molecular complexity index is 1070. The highest BCUT2D eigenvalue weighted by atomic mass is 32.1. The Morgan fingerprint density at radius 1 is 1.24 bits per heavy atom. The highest BCUT2D eigenvalue weighted by molar-refractivity contribution is 7.17. The maximum atomic E-state index is 12.7. The van der Waals surface area contributed by atoms with Gasteiger partial charge in [-0.2, -0.15) is 11.3 Å². The zero-order chi connectivity index (χ0) is 20.5.